The molecule has 0 amide bonds. The lowest BCUT2D eigenvalue weighted by atomic mass is 10.1. The molecule has 0 atom stereocenters. The van der Waals surface area contributed by atoms with Crippen molar-refractivity contribution in [1.82, 2.24) is 10.3 Å². The summed E-state index contributed by atoms with van der Waals surface area (Å²) in [6, 6.07) is 2.11. The maximum Gasteiger partial charge on any atom is 0.218 e. The number of ether oxygens (including phenoxy) is 1. The molecule has 112 valence electrons. The molecule has 1 aromatic rings. The van der Waals surface area contributed by atoms with Gasteiger partial charge in [0, 0.05) is 24.2 Å². The number of rotatable bonds is 8. The summed E-state index contributed by atoms with van der Waals surface area (Å²) in [5, 5.41) is 3.46. The second kappa shape index (κ2) is 8.05. The molecule has 0 radical (unpaired) electrons. The zero-order chi connectivity index (χ0) is 15.1. The topological polar surface area (TPSA) is 34.1 Å². The fourth-order valence-corrected chi connectivity index (χ4v) is 1.97. The Morgan fingerprint density at radius 3 is 2.70 bits per heavy atom. The van der Waals surface area contributed by atoms with Gasteiger partial charge in [-0.05, 0) is 44.9 Å². The van der Waals surface area contributed by atoms with Crippen LogP contribution in [0, 0.1) is 19.8 Å². The van der Waals surface area contributed by atoms with Crippen LogP contribution in [-0.2, 0) is 6.54 Å². The van der Waals surface area contributed by atoms with E-state index in [9.17, 15) is 0 Å². The molecule has 3 nitrogen and oxygen atoms in total. The van der Waals surface area contributed by atoms with Crippen LogP contribution < -0.4 is 10.1 Å². The number of nitrogens with zero attached hydrogens (tertiary/aromatic N) is 1. The number of nitrogens with one attached hydrogen (secondary N) is 1. The Morgan fingerprint density at radius 2 is 2.10 bits per heavy atom. The maximum absolute atomic E-state index is 5.86. The van der Waals surface area contributed by atoms with Crippen LogP contribution in [-0.4, -0.2) is 18.1 Å². The molecule has 0 aromatic carbocycles. The molecule has 20 heavy (non-hydrogen) atoms. The summed E-state index contributed by atoms with van der Waals surface area (Å²) in [7, 11) is 0. The standard InChI is InChI=1S/C17H28N2O/c1-12(2)7-8-20-17-16(11-18-10-13(3)4)14(5)9-15(6)19-17/h9,13,18H,1,7-8,10-11H2,2-6H3. The number of aryl methyl sites for hydroxylation is 2. The Bertz CT molecular complexity index is 453. The van der Waals surface area contributed by atoms with Gasteiger partial charge in [0.1, 0.15) is 0 Å². The van der Waals surface area contributed by atoms with Crippen molar-refractivity contribution in [2.24, 2.45) is 5.92 Å². The SMILES string of the molecule is C=C(C)CCOc1nc(C)cc(C)c1CNCC(C)C. The van der Waals surface area contributed by atoms with Gasteiger partial charge >= 0.3 is 0 Å². The summed E-state index contributed by atoms with van der Waals surface area (Å²) in [6.07, 6.45) is 0.869. The summed E-state index contributed by atoms with van der Waals surface area (Å²) in [6.45, 7) is 16.9. The largest absolute Gasteiger partial charge is 0.477 e. The van der Waals surface area contributed by atoms with E-state index >= 15 is 0 Å². The van der Waals surface area contributed by atoms with Crippen LogP contribution in [0.2, 0.25) is 0 Å². The van der Waals surface area contributed by atoms with Crippen molar-refractivity contribution < 1.29 is 4.74 Å². The van der Waals surface area contributed by atoms with Gasteiger partial charge < -0.3 is 10.1 Å². The Balaban J connectivity index is 2.76. The van der Waals surface area contributed by atoms with E-state index in [1.165, 1.54) is 5.56 Å². The molecule has 0 bridgehead atoms. The molecular weight excluding hydrogens is 248 g/mol. The smallest absolute Gasteiger partial charge is 0.218 e. The highest BCUT2D eigenvalue weighted by atomic mass is 16.5. The van der Waals surface area contributed by atoms with Crippen LogP contribution in [0.25, 0.3) is 0 Å². The first-order chi connectivity index (χ1) is 9.40. The predicted octanol–water partition coefficient (Wildman–Crippen LogP) is 3.79. The van der Waals surface area contributed by atoms with E-state index in [0.717, 1.165) is 42.2 Å². The van der Waals surface area contributed by atoms with Gasteiger partial charge in [-0.2, -0.15) is 0 Å². The fraction of sp³-hybridized carbons (Fsp3) is 0.588. The summed E-state index contributed by atoms with van der Waals surface area (Å²) >= 11 is 0. The first-order valence-corrected chi connectivity index (χ1v) is 7.35. The third-order valence-corrected chi connectivity index (χ3v) is 3.06. The molecule has 0 saturated carbocycles. The van der Waals surface area contributed by atoms with Gasteiger partial charge in [-0.1, -0.05) is 19.4 Å². The third-order valence-electron chi connectivity index (χ3n) is 3.06. The van der Waals surface area contributed by atoms with Gasteiger partial charge in [-0.3, -0.25) is 0 Å². The highest BCUT2D eigenvalue weighted by Crippen LogP contribution is 2.21. The molecule has 1 rings (SSSR count). The van der Waals surface area contributed by atoms with Gasteiger partial charge in [-0.25, -0.2) is 4.98 Å². The van der Waals surface area contributed by atoms with Crippen molar-refractivity contribution in [3.8, 4) is 5.88 Å². The Kier molecular flexibility index (Phi) is 6.73. The summed E-state index contributed by atoms with van der Waals surface area (Å²) in [5.74, 6) is 1.40. The molecule has 0 spiro atoms. The Labute approximate surface area is 123 Å². The minimum absolute atomic E-state index is 0.640. The molecule has 1 heterocycles. The molecule has 3 heteroatoms. The average Bonchev–Trinajstić information content (AvgIpc) is 2.31. The monoisotopic (exact) mass is 276 g/mol. The molecule has 0 aliphatic carbocycles. The van der Waals surface area contributed by atoms with Gasteiger partial charge in [0.2, 0.25) is 5.88 Å². The van der Waals surface area contributed by atoms with E-state index in [4.69, 9.17) is 4.74 Å². The first-order valence-electron chi connectivity index (χ1n) is 7.35. The van der Waals surface area contributed by atoms with E-state index in [0.29, 0.717) is 12.5 Å². The van der Waals surface area contributed by atoms with Crippen LogP contribution in [0.3, 0.4) is 0 Å². The van der Waals surface area contributed by atoms with E-state index < -0.39 is 0 Å². The highest BCUT2D eigenvalue weighted by Gasteiger charge is 2.10. The number of hydrogen-bond acceptors (Lipinski definition) is 3. The summed E-state index contributed by atoms with van der Waals surface area (Å²) < 4.78 is 5.86. The minimum atomic E-state index is 0.640. The van der Waals surface area contributed by atoms with Crippen molar-refractivity contribution in [2.75, 3.05) is 13.2 Å². The third kappa shape index (κ3) is 5.74. The molecule has 0 aliphatic heterocycles. The lowest BCUT2D eigenvalue weighted by Gasteiger charge is -2.15. The Morgan fingerprint density at radius 1 is 1.40 bits per heavy atom. The normalized spacial score (nSPS) is 10.9. The molecule has 0 fully saturated rings. The van der Waals surface area contributed by atoms with E-state index in [1.54, 1.807) is 0 Å². The van der Waals surface area contributed by atoms with Crippen molar-refractivity contribution in [3.05, 3.63) is 35.0 Å². The van der Waals surface area contributed by atoms with Gasteiger partial charge in [-0.15, -0.1) is 6.58 Å². The van der Waals surface area contributed by atoms with Crippen LogP contribution in [0.15, 0.2) is 18.2 Å². The average molecular weight is 276 g/mol. The molecular formula is C17H28N2O. The first kappa shape index (κ1) is 16.7. The zero-order valence-corrected chi connectivity index (χ0v) is 13.5. The molecule has 0 saturated heterocycles. The van der Waals surface area contributed by atoms with Crippen molar-refractivity contribution >= 4 is 0 Å². The van der Waals surface area contributed by atoms with Crippen molar-refractivity contribution in [2.45, 2.75) is 47.6 Å². The zero-order valence-electron chi connectivity index (χ0n) is 13.5. The molecule has 0 unspecified atom stereocenters. The molecule has 1 N–H and O–H groups in total. The van der Waals surface area contributed by atoms with Gasteiger partial charge in [0.15, 0.2) is 0 Å². The van der Waals surface area contributed by atoms with Crippen LogP contribution in [0.4, 0.5) is 0 Å². The number of pyridine rings is 1. The maximum atomic E-state index is 5.86. The molecule has 1 aromatic heterocycles. The highest BCUT2D eigenvalue weighted by molar-refractivity contribution is 5.35. The number of aromatic nitrogens is 1. The van der Waals surface area contributed by atoms with E-state index in [2.05, 4.69) is 43.7 Å². The van der Waals surface area contributed by atoms with Gasteiger partial charge in [0.05, 0.1) is 6.61 Å². The second-order valence-corrected chi connectivity index (χ2v) is 5.94. The lowest BCUT2D eigenvalue weighted by molar-refractivity contribution is 0.303. The predicted molar refractivity (Wildman–Crippen MR) is 85.2 cm³/mol. The van der Waals surface area contributed by atoms with Crippen LogP contribution >= 0.6 is 0 Å². The summed E-state index contributed by atoms with van der Waals surface area (Å²) in [4.78, 5) is 4.54. The van der Waals surface area contributed by atoms with Crippen molar-refractivity contribution in [3.63, 3.8) is 0 Å². The van der Waals surface area contributed by atoms with E-state index in [-0.39, 0.29) is 0 Å². The van der Waals surface area contributed by atoms with E-state index in [1.807, 2.05) is 13.8 Å². The molecule has 0 aliphatic rings. The quantitative estimate of drug-likeness (QED) is 0.734. The number of hydrogen-bond donors (Lipinski definition) is 1. The fourth-order valence-electron chi connectivity index (χ4n) is 1.97. The summed E-state index contributed by atoms with van der Waals surface area (Å²) in [5.41, 5.74) is 4.53. The van der Waals surface area contributed by atoms with Crippen LogP contribution in [0.5, 0.6) is 5.88 Å². The van der Waals surface area contributed by atoms with Gasteiger partial charge in [0.25, 0.3) is 0 Å². The Hall–Kier alpha value is -1.35. The van der Waals surface area contributed by atoms with Crippen LogP contribution in [0.1, 0.15) is 44.0 Å². The lowest BCUT2D eigenvalue weighted by Crippen LogP contribution is -2.20. The second-order valence-electron chi connectivity index (χ2n) is 5.94. The van der Waals surface area contributed by atoms with Crippen molar-refractivity contribution in [1.29, 1.82) is 0 Å². The minimum Gasteiger partial charge on any atom is -0.477 e.